The number of pyridine rings is 1. The lowest BCUT2D eigenvalue weighted by atomic mass is 10.1. The number of nitrogens with zero attached hydrogens (tertiary/aromatic N) is 2. The predicted octanol–water partition coefficient (Wildman–Crippen LogP) is 3.31. The molecule has 0 aliphatic carbocycles. The van der Waals surface area contributed by atoms with E-state index in [-0.39, 0.29) is 0 Å². The number of fused-ring (bicyclic) bond motifs is 1. The Labute approximate surface area is 130 Å². The molecule has 1 N–H and O–H groups in total. The third-order valence-corrected chi connectivity index (χ3v) is 4.22. The minimum atomic E-state index is 1.04. The van der Waals surface area contributed by atoms with Gasteiger partial charge in [0.05, 0.1) is 11.2 Å². The van der Waals surface area contributed by atoms with Crippen molar-refractivity contribution < 1.29 is 0 Å². The van der Waals surface area contributed by atoms with Crippen molar-refractivity contribution in [1.82, 2.24) is 10.3 Å². The van der Waals surface area contributed by atoms with Gasteiger partial charge in [-0.25, -0.2) is 4.98 Å². The van der Waals surface area contributed by atoms with Crippen LogP contribution in [0.3, 0.4) is 0 Å². The summed E-state index contributed by atoms with van der Waals surface area (Å²) < 4.78 is 0. The summed E-state index contributed by atoms with van der Waals surface area (Å²) in [7, 11) is 0. The van der Waals surface area contributed by atoms with Crippen LogP contribution in [0.4, 0.5) is 5.69 Å². The molecule has 3 heteroatoms. The number of hydrogen-bond donors (Lipinski definition) is 1. The quantitative estimate of drug-likeness (QED) is 0.784. The minimum Gasteiger partial charge on any atom is -0.368 e. The van der Waals surface area contributed by atoms with Gasteiger partial charge in [-0.1, -0.05) is 48.5 Å². The van der Waals surface area contributed by atoms with E-state index in [0.29, 0.717) is 0 Å². The highest BCUT2D eigenvalue weighted by molar-refractivity contribution is 5.94. The van der Waals surface area contributed by atoms with Crippen molar-refractivity contribution in [1.29, 1.82) is 0 Å². The van der Waals surface area contributed by atoms with Gasteiger partial charge < -0.3 is 10.2 Å². The van der Waals surface area contributed by atoms with Crippen LogP contribution in [-0.4, -0.2) is 31.2 Å². The van der Waals surface area contributed by atoms with Gasteiger partial charge in [0.1, 0.15) is 0 Å². The number of rotatable bonds is 2. The van der Waals surface area contributed by atoms with E-state index in [4.69, 9.17) is 4.98 Å². The van der Waals surface area contributed by atoms with Gasteiger partial charge in [-0.15, -0.1) is 0 Å². The molecule has 1 saturated heterocycles. The summed E-state index contributed by atoms with van der Waals surface area (Å²) in [5.74, 6) is 0. The molecule has 0 unspecified atom stereocenters. The van der Waals surface area contributed by atoms with Crippen LogP contribution in [-0.2, 0) is 0 Å². The largest absolute Gasteiger partial charge is 0.368 e. The molecule has 0 atom stereocenters. The van der Waals surface area contributed by atoms with Crippen LogP contribution >= 0.6 is 0 Å². The molecular weight excluding hydrogens is 270 g/mol. The summed E-state index contributed by atoms with van der Waals surface area (Å²) in [4.78, 5) is 7.32. The first-order valence-electron chi connectivity index (χ1n) is 7.83. The standard InChI is InChI=1S/C19H19N3/c1-2-6-15(7-3-1)18-14-19(22-12-10-20-11-13-22)16-8-4-5-9-17(16)21-18/h1-9,14,20H,10-13H2. The van der Waals surface area contributed by atoms with Crippen LogP contribution in [0.15, 0.2) is 60.7 Å². The lowest BCUT2D eigenvalue weighted by Crippen LogP contribution is -2.43. The number of aromatic nitrogens is 1. The molecule has 0 saturated carbocycles. The molecule has 0 amide bonds. The maximum Gasteiger partial charge on any atom is 0.0730 e. The molecule has 1 aromatic heterocycles. The number of piperazine rings is 1. The molecule has 0 radical (unpaired) electrons. The average molecular weight is 289 g/mol. The second kappa shape index (κ2) is 5.78. The van der Waals surface area contributed by atoms with E-state index in [2.05, 4.69) is 64.8 Å². The number of para-hydroxylation sites is 1. The maximum atomic E-state index is 4.86. The summed E-state index contributed by atoms with van der Waals surface area (Å²) in [6.07, 6.45) is 0. The van der Waals surface area contributed by atoms with Gasteiger partial charge >= 0.3 is 0 Å². The molecule has 3 nitrogen and oxygen atoms in total. The van der Waals surface area contributed by atoms with E-state index in [0.717, 1.165) is 37.4 Å². The number of anilines is 1. The van der Waals surface area contributed by atoms with Crippen molar-refractivity contribution in [3.63, 3.8) is 0 Å². The summed E-state index contributed by atoms with van der Waals surface area (Å²) in [6, 6.07) is 21.1. The van der Waals surface area contributed by atoms with E-state index in [1.165, 1.54) is 16.6 Å². The first-order chi connectivity index (χ1) is 10.9. The van der Waals surface area contributed by atoms with Crippen LogP contribution < -0.4 is 10.2 Å². The molecule has 1 aliphatic heterocycles. The number of nitrogens with one attached hydrogen (secondary N) is 1. The Morgan fingerprint density at radius 2 is 1.59 bits per heavy atom. The fourth-order valence-corrected chi connectivity index (χ4v) is 3.08. The van der Waals surface area contributed by atoms with Crippen molar-refractivity contribution in [2.75, 3.05) is 31.1 Å². The number of benzene rings is 2. The summed E-state index contributed by atoms with van der Waals surface area (Å²) in [5.41, 5.74) is 4.58. The Kier molecular flexibility index (Phi) is 3.49. The number of hydrogen-bond acceptors (Lipinski definition) is 3. The average Bonchev–Trinajstić information content (AvgIpc) is 2.62. The van der Waals surface area contributed by atoms with E-state index in [1.807, 2.05) is 6.07 Å². The van der Waals surface area contributed by atoms with Crippen LogP contribution in [0.2, 0.25) is 0 Å². The van der Waals surface area contributed by atoms with Crippen molar-refractivity contribution in [2.24, 2.45) is 0 Å². The van der Waals surface area contributed by atoms with E-state index in [1.54, 1.807) is 0 Å². The van der Waals surface area contributed by atoms with Crippen molar-refractivity contribution in [3.05, 3.63) is 60.7 Å². The third kappa shape index (κ3) is 2.44. The van der Waals surface area contributed by atoms with Crippen molar-refractivity contribution >= 4 is 16.6 Å². The van der Waals surface area contributed by atoms with Gasteiger partial charge in [0.25, 0.3) is 0 Å². The second-order valence-corrected chi connectivity index (χ2v) is 5.65. The van der Waals surface area contributed by atoms with E-state index in [9.17, 15) is 0 Å². The maximum absolute atomic E-state index is 4.86. The van der Waals surface area contributed by atoms with Gasteiger partial charge in [-0.2, -0.15) is 0 Å². The topological polar surface area (TPSA) is 28.2 Å². The lowest BCUT2D eigenvalue weighted by Gasteiger charge is -2.30. The monoisotopic (exact) mass is 289 g/mol. The van der Waals surface area contributed by atoms with Crippen LogP contribution in [0.1, 0.15) is 0 Å². The molecule has 2 heterocycles. The van der Waals surface area contributed by atoms with Gasteiger partial charge in [0.2, 0.25) is 0 Å². The van der Waals surface area contributed by atoms with Crippen LogP contribution in [0, 0.1) is 0 Å². The predicted molar refractivity (Wildman–Crippen MR) is 92.3 cm³/mol. The summed E-state index contributed by atoms with van der Waals surface area (Å²) >= 11 is 0. The highest BCUT2D eigenvalue weighted by atomic mass is 15.2. The fraction of sp³-hybridized carbons (Fsp3) is 0.211. The fourth-order valence-electron chi connectivity index (χ4n) is 3.08. The van der Waals surface area contributed by atoms with Crippen molar-refractivity contribution in [3.8, 4) is 11.3 Å². The Balaban J connectivity index is 1.89. The van der Waals surface area contributed by atoms with Gasteiger partial charge in [0.15, 0.2) is 0 Å². The molecule has 1 aliphatic rings. The molecule has 1 fully saturated rings. The van der Waals surface area contributed by atoms with Crippen LogP contribution in [0.25, 0.3) is 22.2 Å². The summed E-state index contributed by atoms with van der Waals surface area (Å²) in [6.45, 7) is 4.17. The Bertz CT molecular complexity index is 777. The molecule has 22 heavy (non-hydrogen) atoms. The van der Waals surface area contributed by atoms with Gasteiger partial charge in [-0.3, -0.25) is 0 Å². The molecule has 0 bridgehead atoms. The van der Waals surface area contributed by atoms with Gasteiger partial charge in [0, 0.05) is 42.8 Å². The zero-order valence-corrected chi connectivity index (χ0v) is 12.5. The highest BCUT2D eigenvalue weighted by Gasteiger charge is 2.15. The first kappa shape index (κ1) is 13.3. The molecule has 4 rings (SSSR count). The third-order valence-electron chi connectivity index (χ3n) is 4.22. The van der Waals surface area contributed by atoms with E-state index >= 15 is 0 Å². The molecular formula is C19H19N3. The van der Waals surface area contributed by atoms with Crippen molar-refractivity contribution in [2.45, 2.75) is 0 Å². The first-order valence-corrected chi connectivity index (χ1v) is 7.83. The Hall–Kier alpha value is -2.39. The Morgan fingerprint density at radius 3 is 2.41 bits per heavy atom. The molecule has 3 aromatic rings. The zero-order chi connectivity index (χ0) is 14.8. The zero-order valence-electron chi connectivity index (χ0n) is 12.5. The minimum absolute atomic E-state index is 1.04. The molecule has 110 valence electrons. The molecule has 2 aromatic carbocycles. The SMILES string of the molecule is c1ccc(-c2cc(N3CCNCC3)c3ccccc3n2)cc1. The molecule has 0 spiro atoms. The highest BCUT2D eigenvalue weighted by Crippen LogP contribution is 2.31. The lowest BCUT2D eigenvalue weighted by molar-refractivity contribution is 0.590. The van der Waals surface area contributed by atoms with Crippen LogP contribution in [0.5, 0.6) is 0 Å². The second-order valence-electron chi connectivity index (χ2n) is 5.65. The summed E-state index contributed by atoms with van der Waals surface area (Å²) in [5, 5.41) is 4.66. The van der Waals surface area contributed by atoms with E-state index < -0.39 is 0 Å². The smallest absolute Gasteiger partial charge is 0.0730 e. The normalized spacial score (nSPS) is 15.2. The van der Waals surface area contributed by atoms with Gasteiger partial charge in [-0.05, 0) is 12.1 Å². The Morgan fingerprint density at radius 1 is 0.864 bits per heavy atom.